The second-order valence-electron chi connectivity index (χ2n) is 6.52. The van der Waals surface area contributed by atoms with Crippen molar-refractivity contribution < 1.29 is 9.53 Å². The Morgan fingerprint density at radius 2 is 2.12 bits per heavy atom. The molecule has 4 bridgehead atoms. The molecule has 0 aromatic rings. The van der Waals surface area contributed by atoms with Gasteiger partial charge in [0.05, 0.1) is 0 Å². The van der Waals surface area contributed by atoms with Crippen LogP contribution in [0, 0.1) is 29.1 Å². The van der Waals surface area contributed by atoms with E-state index in [1.165, 1.54) is 24.8 Å². The van der Waals surface area contributed by atoms with Gasteiger partial charge in [0.1, 0.15) is 6.61 Å². The monoisotopic (exact) mass is 234 g/mol. The molecule has 0 N–H and O–H groups in total. The number of hydrogen-bond acceptors (Lipinski definition) is 2. The van der Waals surface area contributed by atoms with Crippen LogP contribution in [0.15, 0.2) is 11.6 Å². The molecule has 0 aliphatic heterocycles. The Bertz CT molecular complexity index is 344. The quantitative estimate of drug-likeness (QED) is 0.521. The van der Waals surface area contributed by atoms with E-state index in [0.29, 0.717) is 18.5 Å². The fraction of sp³-hybridized carbons (Fsp3) is 0.800. The molecule has 94 valence electrons. The minimum Gasteiger partial charge on any atom is -0.463 e. The van der Waals surface area contributed by atoms with Crippen LogP contribution in [-0.2, 0) is 9.53 Å². The van der Waals surface area contributed by atoms with E-state index in [2.05, 4.69) is 13.0 Å². The first-order valence-corrected chi connectivity index (χ1v) is 6.87. The van der Waals surface area contributed by atoms with Crippen molar-refractivity contribution in [2.45, 2.75) is 39.5 Å². The van der Waals surface area contributed by atoms with Gasteiger partial charge in [0.2, 0.25) is 0 Å². The van der Waals surface area contributed by atoms with Crippen LogP contribution in [0.4, 0.5) is 0 Å². The second-order valence-corrected chi connectivity index (χ2v) is 6.52. The van der Waals surface area contributed by atoms with Crippen molar-refractivity contribution in [3.63, 3.8) is 0 Å². The van der Waals surface area contributed by atoms with Crippen molar-refractivity contribution in [1.29, 1.82) is 0 Å². The molecule has 3 unspecified atom stereocenters. The summed E-state index contributed by atoms with van der Waals surface area (Å²) in [6.07, 6.45) is 7.76. The Labute approximate surface area is 103 Å². The van der Waals surface area contributed by atoms with E-state index in [4.69, 9.17) is 4.74 Å². The Hall–Kier alpha value is -0.790. The lowest BCUT2D eigenvalue weighted by atomic mass is 9.77. The summed E-state index contributed by atoms with van der Waals surface area (Å²) >= 11 is 0. The van der Waals surface area contributed by atoms with Gasteiger partial charge in [0.25, 0.3) is 6.47 Å². The first kappa shape index (κ1) is 11.3. The van der Waals surface area contributed by atoms with Crippen molar-refractivity contribution in [1.82, 2.24) is 0 Å². The van der Waals surface area contributed by atoms with E-state index in [1.54, 1.807) is 0 Å². The minimum atomic E-state index is 0.457. The van der Waals surface area contributed by atoms with Crippen LogP contribution in [0.2, 0.25) is 0 Å². The zero-order valence-electron chi connectivity index (χ0n) is 10.8. The summed E-state index contributed by atoms with van der Waals surface area (Å²) in [7, 11) is 0. The van der Waals surface area contributed by atoms with Crippen molar-refractivity contribution in [2.75, 3.05) is 6.61 Å². The Morgan fingerprint density at radius 1 is 1.41 bits per heavy atom. The molecule has 0 aromatic carbocycles. The maximum absolute atomic E-state index is 10.1. The van der Waals surface area contributed by atoms with Gasteiger partial charge in [0.15, 0.2) is 0 Å². The van der Waals surface area contributed by atoms with Crippen LogP contribution in [0.5, 0.6) is 0 Å². The lowest BCUT2D eigenvalue weighted by Gasteiger charge is -2.28. The average Bonchev–Trinajstić information content (AvgIpc) is 2.61. The highest BCUT2D eigenvalue weighted by Gasteiger charge is 2.72. The molecule has 0 heterocycles. The van der Waals surface area contributed by atoms with Gasteiger partial charge in [-0.2, -0.15) is 0 Å². The summed E-state index contributed by atoms with van der Waals surface area (Å²) < 4.78 is 4.75. The van der Waals surface area contributed by atoms with Gasteiger partial charge < -0.3 is 4.74 Å². The lowest BCUT2D eigenvalue weighted by molar-refractivity contribution is -0.127. The summed E-state index contributed by atoms with van der Waals surface area (Å²) in [5, 5.41) is 0. The summed E-state index contributed by atoms with van der Waals surface area (Å²) in [6.45, 7) is 5.54. The number of carbonyl (C=O) groups is 1. The van der Waals surface area contributed by atoms with Gasteiger partial charge in [-0.25, -0.2) is 0 Å². The predicted octanol–water partition coefficient (Wildman–Crippen LogP) is 3.18. The minimum absolute atomic E-state index is 0.457. The highest BCUT2D eigenvalue weighted by atomic mass is 16.5. The molecule has 0 aromatic heterocycles. The standard InChI is InChI=1S/C15H22O2/c1-10(8-17-9-16)4-3-5-15(2)11-6-12-13(7-11)14(12)15/h4,9,11-14H,3,5-8H2,1-2H3/b10-4+. The summed E-state index contributed by atoms with van der Waals surface area (Å²) in [4.78, 5) is 10.1. The normalized spacial score (nSPS) is 46.1. The molecule has 4 saturated carbocycles. The Morgan fingerprint density at radius 3 is 2.65 bits per heavy atom. The number of carbonyl (C=O) groups excluding carboxylic acids is 1. The van der Waals surface area contributed by atoms with Crippen LogP contribution in [-0.4, -0.2) is 13.1 Å². The molecular weight excluding hydrogens is 212 g/mol. The van der Waals surface area contributed by atoms with Crippen molar-refractivity contribution in [3.8, 4) is 0 Å². The first-order chi connectivity index (χ1) is 8.16. The highest BCUT2D eigenvalue weighted by Crippen LogP contribution is 2.79. The number of hydrogen-bond donors (Lipinski definition) is 0. The second kappa shape index (κ2) is 3.86. The maximum atomic E-state index is 10.1. The third-order valence-electron chi connectivity index (χ3n) is 5.69. The van der Waals surface area contributed by atoms with E-state index in [1.807, 2.05) is 6.92 Å². The Balaban J connectivity index is 1.50. The third kappa shape index (κ3) is 1.64. The van der Waals surface area contributed by atoms with Crippen molar-refractivity contribution >= 4 is 6.47 Å². The first-order valence-electron chi connectivity index (χ1n) is 6.87. The fourth-order valence-electron chi connectivity index (χ4n) is 4.85. The Kier molecular flexibility index (Phi) is 2.57. The van der Waals surface area contributed by atoms with Gasteiger partial charge in [-0.15, -0.1) is 0 Å². The third-order valence-corrected chi connectivity index (χ3v) is 5.69. The van der Waals surface area contributed by atoms with Crippen LogP contribution in [0.25, 0.3) is 0 Å². The van der Waals surface area contributed by atoms with E-state index in [9.17, 15) is 4.79 Å². The van der Waals surface area contributed by atoms with Gasteiger partial charge >= 0.3 is 0 Å². The molecule has 0 spiro atoms. The number of allylic oxidation sites excluding steroid dienone is 1. The molecule has 3 atom stereocenters. The summed E-state index contributed by atoms with van der Waals surface area (Å²) in [5.74, 6) is 4.29. The molecule has 2 heteroatoms. The molecule has 4 rings (SSSR count). The predicted molar refractivity (Wildman–Crippen MR) is 66.3 cm³/mol. The number of ether oxygens (including phenoxy) is 1. The average molecular weight is 234 g/mol. The van der Waals surface area contributed by atoms with Crippen LogP contribution >= 0.6 is 0 Å². The van der Waals surface area contributed by atoms with Crippen molar-refractivity contribution in [3.05, 3.63) is 11.6 Å². The topological polar surface area (TPSA) is 26.3 Å². The fourth-order valence-corrected chi connectivity index (χ4v) is 4.85. The molecule has 4 aliphatic carbocycles. The maximum Gasteiger partial charge on any atom is 0.293 e. The SMILES string of the molecule is C/C(=C\CCC1(C)C2CC3C(C2)C31)COC=O. The molecule has 0 radical (unpaired) electrons. The van der Waals surface area contributed by atoms with Gasteiger partial charge in [-0.05, 0) is 67.3 Å². The zero-order chi connectivity index (χ0) is 12.0. The molecule has 0 saturated heterocycles. The van der Waals surface area contributed by atoms with Crippen LogP contribution < -0.4 is 0 Å². The van der Waals surface area contributed by atoms with Crippen LogP contribution in [0.3, 0.4) is 0 Å². The van der Waals surface area contributed by atoms with Crippen LogP contribution in [0.1, 0.15) is 39.5 Å². The zero-order valence-corrected chi connectivity index (χ0v) is 10.8. The van der Waals surface area contributed by atoms with Gasteiger partial charge in [0, 0.05) is 0 Å². The molecule has 17 heavy (non-hydrogen) atoms. The molecular formula is C15H22O2. The van der Waals surface area contributed by atoms with E-state index in [0.717, 1.165) is 30.1 Å². The van der Waals surface area contributed by atoms with Crippen molar-refractivity contribution in [2.24, 2.45) is 29.1 Å². The van der Waals surface area contributed by atoms with Gasteiger partial charge in [-0.3, -0.25) is 4.79 Å². The smallest absolute Gasteiger partial charge is 0.293 e. The molecule has 0 amide bonds. The largest absolute Gasteiger partial charge is 0.463 e. The van der Waals surface area contributed by atoms with Gasteiger partial charge in [-0.1, -0.05) is 13.0 Å². The molecule has 4 fully saturated rings. The summed E-state index contributed by atoms with van der Waals surface area (Å²) in [5.41, 5.74) is 1.82. The molecule has 2 nitrogen and oxygen atoms in total. The highest BCUT2D eigenvalue weighted by molar-refractivity contribution is 5.37. The van der Waals surface area contributed by atoms with E-state index < -0.39 is 0 Å². The lowest BCUT2D eigenvalue weighted by Crippen LogP contribution is -2.20. The van der Waals surface area contributed by atoms with E-state index in [-0.39, 0.29) is 0 Å². The molecule has 4 aliphatic rings. The number of rotatable bonds is 6. The van der Waals surface area contributed by atoms with E-state index >= 15 is 0 Å². The summed E-state index contributed by atoms with van der Waals surface area (Å²) in [6, 6.07) is 0.